The number of aryl methyl sites for hydroxylation is 1. The number of nitrogens with zero attached hydrogens (tertiary/aromatic N) is 2. The van der Waals surface area contributed by atoms with Crippen molar-refractivity contribution in [1.29, 1.82) is 0 Å². The Morgan fingerprint density at radius 3 is 2.53 bits per heavy atom. The van der Waals surface area contributed by atoms with Gasteiger partial charge in [0.05, 0.1) is 18.9 Å². The van der Waals surface area contributed by atoms with Crippen molar-refractivity contribution in [2.24, 2.45) is 7.05 Å². The summed E-state index contributed by atoms with van der Waals surface area (Å²) in [6.45, 7) is 0. The van der Waals surface area contributed by atoms with Crippen LogP contribution < -0.4 is 5.32 Å². The summed E-state index contributed by atoms with van der Waals surface area (Å²) in [5.74, 6) is -3.38. The zero-order valence-electron chi connectivity index (χ0n) is 8.95. The number of carbonyl (C=O) groups excluding carboxylic acids is 1. The number of aromatic nitrogens is 2. The molecular weight excluding hydrogens is 230 g/mol. The van der Waals surface area contributed by atoms with Gasteiger partial charge < -0.3 is 20.1 Å². The van der Waals surface area contributed by atoms with Gasteiger partial charge in [0.1, 0.15) is 11.7 Å². The molecule has 1 amide bonds. The summed E-state index contributed by atoms with van der Waals surface area (Å²) in [5, 5.41) is 19.3. The molecule has 8 nitrogen and oxygen atoms in total. The highest BCUT2D eigenvalue weighted by Crippen LogP contribution is 1.99. The van der Waals surface area contributed by atoms with Crippen LogP contribution in [-0.4, -0.2) is 43.7 Å². The van der Waals surface area contributed by atoms with Crippen LogP contribution in [0.15, 0.2) is 12.5 Å². The Labute approximate surface area is 95.9 Å². The minimum absolute atomic E-state index is 0.154. The lowest BCUT2D eigenvalue weighted by atomic mass is 10.2. The number of imidazole rings is 1. The van der Waals surface area contributed by atoms with Gasteiger partial charge in [-0.05, 0) is 0 Å². The molecule has 0 aliphatic heterocycles. The standard InChI is InChI=1S/C9H11N3O5/c1-12-4-10-3-6(12)8(15)11-5(9(16)17)2-7(13)14/h3-5H,2H2,1H3,(H,11,15)(H,13,14)(H,16,17). The fourth-order valence-corrected chi connectivity index (χ4v) is 1.18. The molecule has 0 fully saturated rings. The molecule has 3 N–H and O–H groups in total. The normalized spacial score (nSPS) is 11.8. The van der Waals surface area contributed by atoms with E-state index in [1.54, 1.807) is 7.05 Å². The number of carboxylic acid groups (broad SMARTS) is 2. The van der Waals surface area contributed by atoms with Gasteiger partial charge in [-0.25, -0.2) is 9.78 Å². The predicted octanol–water partition coefficient (Wildman–Crippen LogP) is -0.922. The van der Waals surface area contributed by atoms with Crippen molar-refractivity contribution in [2.75, 3.05) is 0 Å². The van der Waals surface area contributed by atoms with E-state index in [2.05, 4.69) is 10.3 Å². The Hall–Kier alpha value is -2.38. The molecule has 1 aromatic rings. The summed E-state index contributed by atoms with van der Waals surface area (Å²) in [4.78, 5) is 36.4. The van der Waals surface area contributed by atoms with Crippen LogP contribution in [0.4, 0.5) is 0 Å². The molecule has 0 saturated heterocycles. The van der Waals surface area contributed by atoms with Crippen LogP contribution in [0.3, 0.4) is 0 Å². The molecular formula is C9H11N3O5. The van der Waals surface area contributed by atoms with E-state index < -0.39 is 30.3 Å². The molecule has 0 spiro atoms. The lowest BCUT2D eigenvalue weighted by Gasteiger charge is -2.12. The molecule has 17 heavy (non-hydrogen) atoms. The van der Waals surface area contributed by atoms with E-state index in [0.717, 1.165) is 0 Å². The number of carbonyl (C=O) groups is 3. The van der Waals surface area contributed by atoms with Crippen molar-refractivity contribution < 1.29 is 24.6 Å². The first-order valence-electron chi connectivity index (χ1n) is 4.63. The van der Waals surface area contributed by atoms with Gasteiger partial charge in [0.15, 0.2) is 0 Å². The first-order chi connectivity index (χ1) is 7.91. The summed E-state index contributed by atoms with van der Waals surface area (Å²) in [6, 6.07) is -1.46. The lowest BCUT2D eigenvalue weighted by molar-refractivity contribution is -0.145. The number of hydrogen-bond donors (Lipinski definition) is 3. The van der Waals surface area contributed by atoms with E-state index in [9.17, 15) is 14.4 Å². The third kappa shape index (κ3) is 3.30. The largest absolute Gasteiger partial charge is 0.481 e. The second kappa shape index (κ2) is 5.10. The van der Waals surface area contributed by atoms with Crippen molar-refractivity contribution in [1.82, 2.24) is 14.9 Å². The molecule has 0 bridgehead atoms. The Morgan fingerprint density at radius 1 is 1.47 bits per heavy atom. The van der Waals surface area contributed by atoms with Crippen molar-refractivity contribution in [3.8, 4) is 0 Å². The second-order valence-electron chi connectivity index (χ2n) is 3.35. The average Bonchev–Trinajstić information content (AvgIpc) is 2.62. The molecule has 1 aromatic heterocycles. The SMILES string of the molecule is Cn1cncc1C(=O)NC(CC(=O)O)C(=O)O. The molecule has 0 aliphatic carbocycles. The fraction of sp³-hybridized carbons (Fsp3) is 0.333. The van der Waals surface area contributed by atoms with Gasteiger partial charge in [0, 0.05) is 7.05 Å². The lowest BCUT2D eigenvalue weighted by Crippen LogP contribution is -2.42. The van der Waals surface area contributed by atoms with Crippen LogP contribution in [0.1, 0.15) is 16.9 Å². The van der Waals surface area contributed by atoms with E-state index in [-0.39, 0.29) is 5.69 Å². The molecule has 1 unspecified atom stereocenters. The zero-order chi connectivity index (χ0) is 13.0. The Balaban J connectivity index is 2.74. The molecule has 1 heterocycles. The average molecular weight is 241 g/mol. The summed E-state index contributed by atoms with van der Waals surface area (Å²) in [5.41, 5.74) is 0.154. The fourth-order valence-electron chi connectivity index (χ4n) is 1.18. The van der Waals surface area contributed by atoms with Gasteiger partial charge in [0.25, 0.3) is 5.91 Å². The molecule has 1 rings (SSSR count). The summed E-state index contributed by atoms with van der Waals surface area (Å²) >= 11 is 0. The molecule has 0 aromatic carbocycles. The molecule has 0 saturated carbocycles. The second-order valence-corrected chi connectivity index (χ2v) is 3.35. The molecule has 0 aliphatic rings. The number of rotatable bonds is 5. The molecule has 0 radical (unpaired) electrons. The van der Waals surface area contributed by atoms with Gasteiger partial charge in [-0.3, -0.25) is 9.59 Å². The quantitative estimate of drug-likeness (QED) is 0.612. The highest BCUT2D eigenvalue weighted by Gasteiger charge is 2.24. The molecule has 1 atom stereocenters. The number of hydrogen-bond acceptors (Lipinski definition) is 4. The predicted molar refractivity (Wildman–Crippen MR) is 54.4 cm³/mol. The van der Waals surface area contributed by atoms with Crippen LogP contribution in [0.5, 0.6) is 0 Å². The summed E-state index contributed by atoms with van der Waals surface area (Å²) in [6.07, 6.45) is 1.95. The van der Waals surface area contributed by atoms with Crippen molar-refractivity contribution in [3.05, 3.63) is 18.2 Å². The van der Waals surface area contributed by atoms with Gasteiger partial charge in [-0.15, -0.1) is 0 Å². The zero-order valence-corrected chi connectivity index (χ0v) is 8.95. The Morgan fingerprint density at radius 2 is 2.12 bits per heavy atom. The van der Waals surface area contributed by atoms with E-state index in [1.807, 2.05) is 0 Å². The number of amides is 1. The highest BCUT2D eigenvalue weighted by atomic mass is 16.4. The van der Waals surface area contributed by atoms with Gasteiger partial charge in [-0.2, -0.15) is 0 Å². The Bertz CT molecular complexity index is 453. The van der Waals surface area contributed by atoms with Crippen LogP contribution in [0.25, 0.3) is 0 Å². The maximum absolute atomic E-state index is 11.6. The first-order valence-corrected chi connectivity index (χ1v) is 4.63. The Kier molecular flexibility index (Phi) is 3.81. The van der Waals surface area contributed by atoms with E-state index in [4.69, 9.17) is 10.2 Å². The summed E-state index contributed by atoms with van der Waals surface area (Å²) < 4.78 is 1.40. The monoisotopic (exact) mass is 241 g/mol. The van der Waals surface area contributed by atoms with E-state index in [1.165, 1.54) is 17.1 Å². The van der Waals surface area contributed by atoms with Gasteiger partial charge in [0.2, 0.25) is 0 Å². The van der Waals surface area contributed by atoms with Crippen LogP contribution >= 0.6 is 0 Å². The maximum Gasteiger partial charge on any atom is 0.326 e. The van der Waals surface area contributed by atoms with Crippen molar-refractivity contribution in [3.63, 3.8) is 0 Å². The summed E-state index contributed by atoms with van der Waals surface area (Å²) in [7, 11) is 1.56. The third-order valence-corrected chi connectivity index (χ3v) is 2.03. The van der Waals surface area contributed by atoms with Gasteiger partial charge >= 0.3 is 11.9 Å². The molecule has 8 heteroatoms. The maximum atomic E-state index is 11.6. The van der Waals surface area contributed by atoms with Crippen LogP contribution in [0, 0.1) is 0 Å². The van der Waals surface area contributed by atoms with E-state index >= 15 is 0 Å². The van der Waals surface area contributed by atoms with Gasteiger partial charge in [-0.1, -0.05) is 0 Å². The third-order valence-electron chi connectivity index (χ3n) is 2.03. The minimum Gasteiger partial charge on any atom is -0.481 e. The van der Waals surface area contributed by atoms with Crippen molar-refractivity contribution in [2.45, 2.75) is 12.5 Å². The first kappa shape index (κ1) is 12.7. The van der Waals surface area contributed by atoms with Crippen LogP contribution in [0.2, 0.25) is 0 Å². The van der Waals surface area contributed by atoms with Crippen LogP contribution in [-0.2, 0) is 16.6 Å². The molecule has 92 valence electrons. The van der Waals surface area contributed by atoms with Crippen molar-refractivity contribution >= 4 is 17.8 Å². The smallest absolute Gasteiger partial charge is 0.326 e. The number of nitrogens with one attached hydrogen (secondary N) is 1. The highest BCUT2D eigenvalue weighted by molar-refractivity contribution is 5.95. The topological polar surface area (TPSA) is 122 Å². The van der Waals surface area contributed by atoms with E-state index in [0.29, 0.717) is 0 Å². The number of aliphatic carboxylic acids is 2. The minimum atomic E-state index is -1.46. The number of carboxylic acids is 2.